The van der Waals surface area contributed by atoms with Crippen molar-refractivity contribution in [1.29, 1.82) is 0 Å². The summed E-state index contributed by atoms with van der Waals surface area (Å²) in [4.78, 5) is 2.56. The van der Waals surface area contributed by atoms with Crippen molar-refractivity contribution in [3.05, 3.63) is 0 Å². The van der Waals surface area contributed by atoms with E-state index in [-0.39, 0.29) is 0 Å². The van der Waals surface area contributed by atoms with Gasteiger partial charge in [0.25, 0.3) is 0 Å². The fraction of sp³-hybridized carbons (Fsp3) is 1.00. The maximum Gasteiger partial charge on any atom is 0.0593 e. The molecule has 0 aliphatic carbocycles. The van der Waals surface area contributed by atoms with Crippen LogP contribution in [0.3, 0.4) is 0 Å². The second-order valence-electron chi connectivity index (χ2n) is 5.12. The molecule has 2 atom stereocenters. The van der Waals surface area contributed by atoms with E-state index in [1.165, 1.54) is 38.8 Å². The molecule has 2 unspecified atom stereocenters. The van der Waals surface area contributed by atoms with Crippen molar-refractivity contribution in [2.75, 3.05) is 39.9 Å². The lowest BCUT2D eigenvalue weighted by Crippen LogP contribution is -2.48. The molecule has 3 nitrogen and oxygen atoms in total. The number of hydrogen-bond acceptors (Lipinski definition) is 3. The first kappa shape index (κ1) is 14.9. The Kier molecular flexibility index (Phi) is 7.82. The van der Waals surface area contributed by atoms with Crippen LogP contribution in [0, 0.1) is 5.92 Å². The van der Waals surface area contributed by atoms with Crippen LogP contribution in [0.2, 0.25) is 0 Å². The van der Waals surface area contributed by atoms with Gasteiger partial charge < -0.3 is 15.0 Å². The number of ether oxygens (including phenoxy) is 1. The molecule has 0 amide bonds. The van der Waals surface area contributed by atoms with Gasteiger partial charge in [0.1, 0.15) is 0 Å². The third-order valence-corrected chi connectivity index (χ3v) is 3.91. The molecule has 1 fully saturated rings. The molecule has 17 heavy (non-hydrogen) atoms. The second kappa shape index (κ2) is 8.90. The summed E-state index contributed by atoms with van der Waals surface area (Å²) in [5.41, 5.74) is 0. The number of hydrogen-bond donors (Lipinski definition) is 1. The molecule has 0 spiro atoms. The lowest BCUT2D eigenvalue weighted by molar-refractivity contribution is 0.0737. The van der Waals surface area contributed by atoms with Gasteiger partial charge in [0.15, 0.2) is 0 Å². The van der Waals surface area contributed by atoms with E-state index in [0.717, 1.165) is 31.7 Å². The molecule has 0 aromatic carbocycles. The van der Waals surface area contributed by atoms with Crippen LogP contribution in [0.1, 0.15) is 39.5 Å². The summed E-state index contributed by atoms with van der Waals surface area (Å²) in [5.74, 6) is 0.810. The van der Waals surface area contributed by atoms with Gasteiger partial charge in [0.2, 0.25) is 0 Å². The van der Waals surface area contributed by atoms with Crippen LogP contribution in [0.5, 0.6) is 0 Å². The van der Waals surface area contributed by atoms with Gasteiger partial charge in [-0.15, -0.1) is 0 Å². The minimum absolute atomic E-state index is 0.720. The zero-order chi connectivity index (χ0) is 12.5. The molecule has 1 aliphatic heterocycles. The van der Waals surface area contributed by atoms with Crippen molar-refractivity contribution in [2.24, 2.45) is 5.92 Å². The van der Waals surface area contributed by atoms with Gasteiger partial charge in [-0.05, 0) is 32.4 Å². The maximum absolute atomic E-state index is 5.64. The number of nitrogens with one attached hydrogen (secondary N) is 1. The number of nitrogens with zero attached hydrogens (tertiary/aromatic N) is 1. The van der Waals surface area contributed by atoms with Gasteiger partial charge in [-0.25, -0.2) is 0 Å². The summed E-state index contributed by atoms with van der Waals surface area (Å²) < 4.78 is 5.64. The van der Waals surface area contributed by atoms with Gasteiger partial charge in [0, 0.05) is 25.7 Å². The van der Waals surface area contributed by atoms with Gasteiger partial charge in [-0.3, -0.25) is 0 Å². The van der Waals surface area contributed by atoms with E-state index >= 15 is 0 Å². The predicted octanol–water partition coefficient (Wildman–Crippen LogP) is 2.12. The first-order valence-electron chi connectivity index (χ1n) is 7.29. The van der Waals surface area contributed by atoms with E-state index in [1.54, 1.807) is 0 Å². The molecule has 0 aromatic rings. The number of piperidine rings is 1. The SMILES string of the molecule is CCCCOCCN1CCC(NC)C(CC)C1. The Bertz CT molecular complexity index is 187. The first-order chi connectivity index (χ1) is 8.31. The minimum Gasteiger partial charge on any atom is -0.380 e. The number of rotatable bonds is 8. The lowest BCUT2D eigenvalue weighted by atomic mass is 9.90. The molecule has 1 saturated heterocycles. The summed E-state index contributed by atoms with van der Waals surface area (Å²) in [6, 6.07) is 0.720. The Morgan fingerprint density at radius 2 is 2.12 bits per heavy atom. The molecule has 0 radical (unpaired) electrons. The lowest BCUT2D eigenvalue weighted by Gasteiger charge is -2.38. The van der Waals surface area contributed by atoms with Crippen molar-refractivity contribution in [3.63, 3.8) is 0 Å². The monoisotopic (exact) mass is 242 g/mol. The van der Waals surface area contributed by atoms with Crippen LogP contribution in [-0.2, 0) is 4.74 Å². The molecule has 3 heteroatoms. The summed E-state index contributed by atoms with van der Waals surface area (Å²) in [7, 11) is 2.09. The Hall–Kier alpha value is -0.120. The zero-order valence-corrected chi connectivity index (χ0v) is 11.9. The van der Waals surface area contributed by atoms with Gasteiger partial charge >= 0.3 is 0 Å². The van der Waals surface area contributed by atoms with E-state index in [2.05, 4.69) is 31.1 Å². The quantitative estimate of drug-likeness (QED) is 0.660. The predicted molar refractivity (Wildman–Crippen MR) is 73.4 cm³/mol. The number of unbranched alkanes of at least 4 members (excludes halogenated alkanes) is 1. The van der Waals surface area contributed by atoms with E-state index in [1.807, 2.05) is 0 Å². The Morgan fingerprint density at radius 3 is 2.76 bits per heavy atom. The zero-order valence-electron chi connectivity index (χ0n) is 11.9. The molecule has 1 aliphatic rings. The Labute approximate surface area is 107 Å². The molecule has 1 heterocycles. The molecular formula is C14H30N2O. The van der Waals surface area contributed by atoms with Crippen molar-refractivity contribution >= 4 is 0 Å². The first-order valence-corrected chi connectivity index (χ1v) is 7.29. The van der Waals surface area contributed by atoms with Gasteiger partial charge in [-0.2, -0.15) is 0 Å². The second-order valence-corrected chi connectivity index (χ2v) is 5.12. The summed E-state index contributed by atoms with van der Waals surface area (Å²) in [5, 5.41) is 3.45. The van der Waals surface area contributed by atoms with Crippen LogP contribution in [0.25, 0.3) is 0 Å². The highest BCUT2D eigenvalue weighted by atomic mass is 16.5. The van der Waals surface area contributed by atoms with Crippen molar-refractivity contribution in [3.8, 4) is 0 Å². The highest BCUT2D eigenvalue weighted by Crippen LogP contribution is 2.19. The largest absolute Gasteiger partial charge is 0.380 e. The van der Waals surface area contributed by atoms with E-state index in [4.69, 9.17) is 4.74 Å². The third-order valence-electron chi connectivity index (χ3n) is 3.91. The Morgan fingerprint density at radius 1 is 1.29 bits per heavy atom. The van der Waals surface area contributed by atoms with E-state index in [9.17, 15) is 0 Å². The molecule has 0 bridgehead atoms. The Balaban J connectivity index is 2.14. The van der Waals surface area contributed by atoms with Crippen LogP contribution in [-0.4, -0.2) is 50.8 Å². The summed E-state index contributed by atoms with van der Waals surface area (Å²) >= 11 is 0. The molecular weight excluding hydrogens is 212 g/mol. The fourth-order valence-electron chi connectivity index (χ4n) is 2.65. The van der Waals surface area contributed by atoms with Crippen molar-refractivity contribution in [1.82, 2.24) is 10.2 Å². The molecule has 0 saturated carbocycles. The normalized spacial score (nSPS) is 26.3. The summed E-state index contributed by atoms with van der Waals surface area (Å²) in [6.45, 7) is 9.91. The van der Waals surface area contributed by atoms with Crippen molar-refractivity contribution in [2.45, 2.75) is 45.6 Å². The highest BCUT2D eigenvalue weighted by molar-refractivity contribution is 4.83. The van der Waals surface area contributed by atoms with Crippen LogP contribution in [0.15, 0.2) is 0 Å². The smallest absolute Gasteiger partial charge is 0.0593 e. The summed E-state index contributed by atoms with van der Waals surface area (Å²) in [6.07, 6.45) is 4.98. The average Bonchev–Trinajstić information content (AvgIpc) is 2.38. The molecule has 1 rings (SSSR count). The fourth-order valence-corrected chi connectivity index (χ4v) is 2.65. The van der Waals surface area contributed by atoms with E-state index < -0.39 is 0 Å². The van der Waals surface area contributed by atoms with Crippen LogP contribution >= 0.6 is 0 Å². The maximum atomic E-state index is 5.64. The highest BCUT2D eigenvalue weighted by Gasteiger charge is 2.26. The topological polar surface area (TPSA) is 24.5 Å². The van der Waals surface area contributed by atoms with Crippen molar-refractivity contribution < 1.29 is 4.74 Å². The minimum atomic E-state index is 0.720. The number of likely N-dealkylation sites (tertiary alicyclic amines) is 1. The standard InChI is InChI=1S/C14H30N2O/c1-4-6-10-17-11-9-16-8-7-14(15-3)13(5-2)12-16/h13-15H,4-12H2,1-3H3. The average molecular weight is 242 g/mol. The van der Waals surface area contributed by atoms with E-state index in [0.29, 0.717) is 0 Å². The third kappa shape index (κ3) is 5.36. The van der Waals surface area contributed by atoms with Gasteiger partial charge in [0.05, 0.1) is 6.61 Å². The molecule has 1 N–H and O–H groups in total. The molecule has 0 aromatic heterocycles. The van der Waals surface area contributed by atoms with Crippen LogP contribution < -0.4 is 5.32 Å². The van der Waals surface area contributed by atoms with Crippen LogP contribution in [0.4, 0.5) is 0 Å². The van der Waals surface area contributed by atoms with Gasteiger partial charge in [-0.1, -0.05) is 26.7 Å². The molecule has 102 valence electrons.